The van der Waals surface area contributed by atoms with Gasteiger partial charge in [-0.25, -0.2) is 18.5 Å². The Hall–Kier alpha value is -1.18. The van der Waals surface area contributed by atoms with Crippen molar-refractivity contribution >= 4 is 15.8 Å². The monoisotopic (exact) mass is 298 g/mol. The third kappa shape index (κ3) is 3.68. The number of primary sulfonamides is 1. The minimum atomic E-state index is -3.74. The van der Waals surface area contributed by atoms with Crippen LogP contribution in [0.2, 0.25) is 0 Å². The lowest BCUT2D eigenvalue weighted by molar-refractivity contribution is 0.164. The van der Waals surface area contributed by atoms with Gasteiger partial charge >= 0.3 is 0 Å². The predicted octanol–water partition coefficient (Wildman–Crippen LogP) is 1.02. The number of nitrogens with two attached hydrogens (primary N) is 1. The van der Waals surface area contributed by atoms with Crippen molar-refractivity contribution in [2.45, 2.75) is 37.1 Å². The Balaban J connectivity index is 2.07. The summed E-state index contributed by atoms with van der Waals surface area (Å²) in [6, 6.07) is 3.47. The lowest BCUT2D eigenvalue weighted by atomic mass is 10.0. The van der Waals surface area contributed by atoms with Crippen LogP contribution in [0, 0.1) is 0 Å². The van der Waals surface area contributed by atoms with E-state index in [0.717, 1.165) is 19.5 Å². The van der Waals surface area contributed by atoms with Crippen LogP contribution in [-0.4, -0.2) is 44.0 Å². The Morgan fingerprint density at radius 2 is 2.30 bits per heavy atom. The molecule has 1 unspecified atom stereocenters. The van der Waals surface area contributed by atoms with Crippen LogP contribution >= 0.6 is 0 Å². The minimum Gasteiger partial charge on any atom is -0.367 e. The lowest BCUT2D eigenvalue weighted by Crippen LogP contribution is -2.43. The Morgan fingerprint density at radius 3 is 3.00 bits per heavy atom. The summed E-state index contributed by atoms with van der Waals surface area (Å²) in [6.07, 6.45) is 5.14. The maximum atomic E-state index is 11.5. The normalized spacial score (nSPS) is 20.8. The average Bonchev–Trinajstić information content (AvgIpc) is 2.44. The van der Waals surface area contributed by atoms with E-state index in [1.54, 1.807) is 12.3 Å². The SMILES string of the molecule is CCN1CCCCC1CNc1ncccc1S(N)(=O)=O. The average molecular weight is 298 g/mol. The van der Waals surface area contributed by atoms with Gasteiger partial charge in [-0.3, -0.25) is 4.90 Å². The molecule has 1 aliphatic rings. The van der Waals surface area contributed by atoms with Gasteiger partial charge in [0.05, 0.1) is 0 Å². The molecule has 0 aliphatic carbocycles. The summed E-state index contributed by atoms with van der Waals surface area (Å²) in [5, 5.41) is 8.34. The number of rotatable bonds is 5. The molecule has 7 heteroatoms. The third-order valence-electron chi connectivity index (χ3n) is 3.74. The molecule has 1 atom stereocenters. The van der Waals surface area contributed by atoms with Crippen molar-refractivity contribution in [3.8, 4) is 0 Å². The van der Waals surface area contributed by atoms with Crippen LogP contribution in [0.3, 0.4) is 0 Å². The second-order valence-electron chi connectivity index (χ2n) is 5.05. The molecule has 0 spiro atoms. The number of likely N-dealkylation sites (N-methyl/N-ethyl adjacent to an activating group) is 1. The van der Waals surface area contributed by atoms with E-state index >= 15 is 0 Å². The maximum Gasteiger partial charge on any atom is 0.241 e. The zero-order valence-electron chi connectivity index (χ0n) is 11.7. The zero-order chi connectivity index (χ0) is 14.6. The summed E-state index contributed by atoms with van der Waals surface area (Å²) in [5.74, 6) is 0.344. The molecule has 2 rings (SSSR count). The largest absolute Gasteiger partial charge is 0.367 e. The molecular weight excluding hydrogens is 276 g/mol. The van der Waals surface area contributed by atoms with Crippen LogP contribution < -0.4 is 10.5 Å². The number of hydrogen-bond acceptors (Lipinski definition) is 5. The second-order valence-corrected chi connectivity index (χ2v) is 6.58. The maximum absolute atomic E-state index is 11.5. The first-order valence-electron chi connectivity index (χ1n) is 6.98. The fourth-order valence-electron chi connectivity index (χ4n) is 2.67. The van der Waals surface area contributed by atoms with Gasteiger partial charge in [0.15, 0.2) is 0 Å². The van der Waals surface area contributed by atoms with Crippen molar-refractivity contribution in [2.75, 3.05) is 25.0 Å². The molecule has 0 aromatic carbocycles. The number of pyridine rings is 1. The fraction of sp³-hybridized carbons (Fsp3) is 0.615. The number of hydrogen-bond donors (Lipinski definition) is 2. The Morgan fingerprint density at radius 1 is 1.50 bits per heavy atom. The minimum absolute atomic E-state index is 0.0545. The van der Waals surface area contributed by atoms with Gasteiger partial charge in [0.25, 0.3) is 0 Å². The number of likely N-dealkylation sites (tertiary alicyclic amines) is 1. The van der Waals surface area contributed by atoms with E-state index in [2.05, 4.69) is 22.1 Å². The van der Waals surface area contributed by atoms with E-state index in [9.17, 15) is 8.42 Å². The summed E-state index contributed by atoms with van der Waals surface area (Å²) in [4.78, 5) is 6.56. The Kier molecular flexibility index (Phi) is 4.95. The summed E-state index contributed by atoms with van der Waals surface area (Å²) in [7, 11) is -3.74. The summed E-state index contributed by atoms with van der Waals surface area (Å²) >= 11 is 0. The number of anilines is 1. The first kappa shape index (κ1) is 15.2. The van der Waals surface area contributed by atoms with Crippen LogP contribution in [0.25, 0.3) is 0 Å². The quantitative estimate of drug-likeness (QED) is 0.847. The molecule has 1 aliphatic heterocycles. The van der Waals surface area contributed by atoms with E-state index in [-0.39, 0.29) is 4.90 Å². The molecular formula is C13H22N4O2S. The van der Waals surface area contributed by atoms with Gasteiger partial charge in [-0.05, 0) is 38.1 Å². The van der Waals surface area contributed by atoms with Crippen LogP contribution in [0.15, 0.2) is 23.2 Å². The highest BCUT2D eigenvalue weighted by Crippen LogP contribution is 2.20. The molecule has 0 amide bonds. The second kappa shape index (κ2) is 6.51. The predicted molar refractivity (Wildman–Crippen MR) is 79.0 cm³/mol. The molecule has 112 valence electrons. The van der Waals surface area contributed by atoms with E-state index in [4.69, 9.17) is 5.14 Å². The lowest BCUT2D eigenvalue weighted by Gasteiger charge is -2.35. The number of piperidine rings is 1. The summed E-state index contributed by atoms with van der Waals surface area (Å²) < 4.78 is 23.0. The van der Waals surface area contributed by atoms with Crippen LogP contribution in [-0.2, 0) is 10.0 Å². The topological polar surface area (TPSA) is 88.3 Å². The van der Waals surface area contributed by atoms with E-state index in [0.29, 0.717) is 18.4 Å². The van der Waals surface area contributed by atoms with Gasteiger partial charge in [0, 0.05) is 18.8 Å². The van der Waals surface area contributed by atoms with Gasteiger partial charge in [-0.15, -0.1) is 0 Å². The molecule has 1 saturated heterocycles. The van der Waals surface area contributed by atoms with Crippen LogP contribution in [0.1, 0.15) is 26.2 Å². The van der Waals surface area contributed by atoms with E-state index in [1.165, 1.54) is 18.9 Å². The molecule has 6 nitrogen and oxygen atoms in total. The molecule has 20 heavy (non-hydrogen) atoms. The summed E-state index contributed by atoms with van der Waals surface area (Å²) in [6.45, 7) is 4.95. The fourth-order valence-corrected chi connectivity index (χ4v) is 3.34. The number of nitrogens with one attached hydrogen (secondary N) is 1. The molecule has 0 saturated carbocycles. The molecule has 1 fully saturated rings. The van der Waals surface area contributed by atoms with Crippen molar-refractivity contribution in [1.82, 2.24) is 9.88 Å². The highest BCUT2D eigenvalue weighted by Gasteiger charge is 2.22. The van der Waals surface area contributed by atoms with Crippen molar-refractivity contribution in [3.05, 3.63) is 18.3 Å². The molecule has 0 bridgehead atoms. The molecule has 1 aromatic heterocycles. The van der Waals surface area contributed by atoms with Crippen LogP contribution in [0.4, 0.5) is 5.82 Å². The molecule has 2 heterocycles. The zero-order valence-corrected chi connectivity index (χ0v) is 12.6. The van der Waals surface area contributed by atoms with E-state index in [1.807, 2.05) is 0 Å². The van der Waals surface area contributed by atoms with Gasteiger partial charge < -0.3 is 5.32 Å². The highest BCUT2D eigenvalue weighted by molar-refractivity contribution is 7.89. The van der Waals surface area contributed by atoms with Crippen LogP contribution in [0.5, 0.6) is 0 Å². The highest BCUT2D eigenvalue weighted by atomic mass is 32.2. The Labute approximate surface area is 120 Å². The molecule has 0 radical (unpaired) electrons. The summed E-state index contributed by atoms with van der Waals surface area (Å²) in [5.41, 5.74) is 0. The van der Waals surface area contributed by atoms with Gasteiger partial charge in [0.1, 0.15) is 10.7 Å². The van der Waals surface area contributed by atoms with Crippen molar-refractivity contribution in [2.24, 2.45) is 5.14 Å². The van der Waals surface area contributed by atoms with E-state index < -0.39 is 10.0 Å². The standard InChI is InChI=1S/C13H22N4O2S/c1-2-17-9-4-3-6-11(17)10-16-13-12(20(14,18)19)7-5-8-15-13/h5,7-8,11H,2-4,6,9-10H2,1H3,(H,15,16)(H2,14,18,19). The number of sulfonamides is 1. The first-order valence-corrected chi connectivity index (χ1v) is 8.52. The molecule has 3 N–H and O–H groups in total. The van der Waals surface area contributed by atoms with Crippen molar-refractivity contribution < 1.29 is 8.42 Å². The Bertz CT molecular complexity index is 547. The van der Waals surface area contributed by atoms with Gasteiger partial charge in [0.2, 0.25) is 10.0 Å². The van der Waals surface area contributed by atoms with Crippen molar-refractivity contribution in [3.63, 3.8) is 0 Å². The van der Waals surface area contributed by atoms with Crippen molar-refractivity contribution in [1.29, 1.82) is 0 Å². The number of aromatic nitrogens is 1. The van der Waals surface area contributed by atoms with Gasteiger partial charge in [-0.1, -0.05) is 13.3 Å². The smallest absolute Gasteiger partial charge is 0.241 e. The molecule has 1 aromatic rings. The third-order valence-corrected chi connectivity index (χ3v) is 4.68. The number of nitrogens with zero attached hydrogens (tertiary/aromatic N) is 2. The van der Waals surface area contributed by atoms with Gasteiger partial charge in [-0.2, -0.15) is 0 Å². The first-order chi connectivity index (χ1) is 9.52.